The lowest BCUT2D eigenvalue weighted by atomic mass is 9.84. The first-order valence-electron chi connectivity index (χ1n) is 19.5. The maximum absolute atomic E-state index is 2.44. The first-order chi connectivity index (χ1) is 27.7. The van der Waals surface area contributed by atoms with Crippen LogP contribution in [0, 0.1) is 0 Å². The molecule has 0 amide bonds. The molecule has 0 radical (unpaired) electrons. The summed E-state index contributed by atoms with van der Waals surface area (Å²) in [4.78, 5) is 0. The summed E-state index contributed by atoms with van der Waals surface area (Å²) in [6.07, 6.45) is 0. The van der Waals surface area contributed by atoms with E-state index in [-0.39, 0.29) is 0 Å². The van der Waals surface area contributed by atoms with Crippen molar-refractivity contribution >= 4 is 53.9 Å². The lowest BCUT2D eigenvalue weighted by Crippen LogP contribution is -1.92. The van der Waals surface area contributed by atoms with Gasteiger partial charge in [0.15, 0.2) is 0 Å². The third-order valence-corrected chi connectivity index (χ3v) is 12.1. The summed E-state index contributed by atoms with van der Waals surface area (Å²) < 4.78 is 0. The zero-order valence-electron chi connectivity index (χ0n) is 30.6. The quantitative estimate of drug-likeness (QED) is 0.160. The second-order valence-corrected chi connectivity index (χ2v) is 15.2. The SMILES string of the molecule is c1cc(-c2cc3c4c(cccc4c2)-c2ccccc2-3)cc(-c2ccc3c(-c4ccc5ccccc5c4)c4ccccc4c(-c4ccc5ccccc5c4)c3c2)c1. The van der Waals surface area contributed by atoms with E-state index in [0.29, 0.717) is 0 Å². The predicted molar refractivity (Wildman–Crippen MR) is 240 cm³/mol. The fourth-order valence-corrected chi connectivity index (χ4v) is 9.53. The Labute approximate surface area is 325 Å². The summed E-state index contributed by atoms with van der Waals surface area (Å²) in [6, 6.07) is 76.8. The Balaban J connectivity index is 1.09. The second kappa shape index (κ2) is 12.1. The van der Waals surface area contributed by atoms with Crippen molar-refractivity contribution in [3.05, 3.63) is 206 Å². The molecule has 0 bridgehead atoms. The molecule has 0 N–H and O–H groups in total. The van der Waals surface area contributed by atoms with Crippen LogP contribution in [0.4, 0.5) is 0 Å². The van der Waals surface area contributed by atoms with Crippen LogP contribution in [-0.4, -0.2) is 0 Å². The van der Waals surface area contributed by atoms with Crippen LogP contribution in [0.2, 0.25) is 0 Å². The van der Waals surface area contributed by atoms with E-state index in [1.807, 2.05) is 0 Å². The lowest BCUT2D eigenvalue weighted by molar-refractivity contribution is 1.61. The van der Waals surface area contributed by atoms with Crippen LogP contribution < -0.4 is 0 Å². The van der Waals surface area contributed by atoms with E-state index in [4.69, 9.17) is 0 Å². The molecule has 0 nitrogen and oxygen atoms in total. The van der Waals surface area contributed by atoms with Gasteiger partial charge in [-0.05, 0) is 157 Å². The molecule has 0 heterocycles. The molecule has 0 aromatic heterocycles. The zero-order valence-corrected chi connectivity index (χ0v) is 30.6. The first kappa shape index (κ1) is 31.1. The Bertz CT molecular complexity index is 3420. The van der Waals surface area contributed by atoms with Crippen molar-refractivity contribution in [1.29, 1.82) is 0 Å². The van der Waals surface area contributed by atoms with E-state index in [0.717, 1.165) is 0 Å². The van der Waals surface area contributed by atoms with Gasteiger partial charge in [0, 0.05) is 0 Å². The van der Waals surface area contributed by atoms with Crippen LogP contribution >= 0.6 is 0 Å². The van der Waals surface area contributed by atoms with Gasteiger partial charge in [-0.2, -0.15) is 0 Å². The van der Waals surface area contributed by atoms with Crippen molar-refractivity contribution < 1.29 is 0 Å². The van der Waals surface area contributed by atoms with Gasteiger partial charge < -0.3 is 0 Å². The molecular formula is C56H34. The Kier molecular flexibility index (Phi) is 6.73. The van der Waals surface area contributed by atoms with E-state index in [1.165, 1.54) is 121 Å². The molecule has 0 saturated heterocycles. The highest BCUT2D eigenvalue weighted by molar-refractivity contribution is 6.23. The molecule has 0 atom stereocenters. The molecule has 0 aliphatic heterocycles. The fourth-order valence-electron chi connectivity index (χ4n) is 9.53. The average molecular weight is 707 g/mol. The summed E-state index contributed by atoms with van der Waals surface area (Å²) >= 11 is 0. The molecule has 0 unspecified atom stereocenters. The molecule has 1 aliphatic carbocycles. The molecule has 0 fully saturated rings. The summed E-state index contributed by atoms with van der Waals surface area (Å²) in [7, 11) is 0. The van der Waals surface area contributed by atoms with Crippen LogP contribution in [0.25, 0.3) is 121 Å². The minimum atomic E-state index is 1.21. The van der Waals surface area contributed by atoms with Gasteiger partial charge in [0.2, 0.25) is 0 Å². The molecule has 0 heteroatoms. The van der Waals surface area contributed by atoms with Gasteiger partial charge in [-0.1, -0.05) is 170 Å². The van der Waals surface area contributed by atoms with Crippen molar-refractivity contribution in [2.75, 3.05) is 0 Å². The number of rotatable bonds is 4. The molecule has 56 heavy (non-hydrogen) atoms. The predicted octanol–water partition coefficient (Wildman–Crippen LogP) is 15.8. The molecule has 258 valence electrons. The maximum Gasteiger partial charge on any atom is -0.00259 e. The topological polar surface area (TPSA) is 0 Å². The smallest absolute Gasteiger partial charge is 0.00259 e. The van der Waals surface area contributed by atoms with Crippen LogP contribution in [0.3, 0.4) is 0 Å². The van der Waals surface area contributed by atoms with E-state index in [2.05, 4.69) is 206 Å². The maximum atomic E-state index is 2.44. The Morgan fingerprint density at radius 2 is 0.661 bits per heavy atom. The van der Waals surface area contributed by atoms with E-state index >= 15 is 0 Å². The molecule has 11 aromatic rings. The van der Waals surface area contributed by atoms with Gasteiger partial charge in [-0.3, -0.25) is 0 Å². The molecule has 1 aliphatic rings. The summed E-state index contributed by atoms with van der Waals surface area (Å²) in [5.74, 6) is 0. The third-order valence-electron chi connectivity index (χ3n) is 12.1. The van der Waals surface area contributed by atoms with Gasteiger partial charge in [0.05, 0.1) is 0 Å². The van der Waals surface area contributed by atoms with Crippen molar-refractivity contribution in [3.8, 4) is 66.8 Å². The zero-order chi connectivity index (χ0) is 36.7. The minimum absolute atomic E-state index is 1.21. The number of benzene rings is 11. The first-order valence-corrected chi connectivity index (χ1v) is 19.5. The molecule has 0 spiro atoms. The van der Waals surface area contributed by atoms with Crippen molar-refractivity contribution in [2.24, 2.45) is 0 Å². The van der Waals surface area contributed by atoms with Crippen LogP contribution in [0.15, 0.2) is 206 Å². The summed E-state index contributed by atoms with van der Waals surface area (Å²) in [5, 5.41) is 12.7. The summed E-state index contributed by atoms with van der Waals surface area (Å²) in [6.45, 7) is 0. The normalized spacial score (nSPS) is 11.9. The van der Waals surface area contributed by atoms with Crippen LogP contribution in [0.5, 0.6) is 0 Å². The average Bonchev–Trinajstić information content (AvgIpc) is 3.59. The molecule has 12 rings (SSSR count). The molecule has 11 aromatic carbocycles. The van der Waals surface area contributed by atoms with E-state index < -0.39 is 0 Å². The molecular weight excluding hydrogens is 673 g/mol. The third kappa shape index (κ3) is 4.73. The second-order valence-electron chi connectivity index (χ2n) is 15.2. The lowest BCUT2D eigenvalue weighted by Gasteiger charge is -2.19. The van der Waals surface area contributed by atoms with Crippen molar-refractivity contribution in [2.45, 2.75) is 0 Å². The van der Waals surface area contributed by atoms with Gasteiger partial charge >= 0.3 is 0 Å². The van der Waals surface area contributed by atoms with Gasteiger partial charge in [-0.25, -0.2) is 0 Å². The summed E-state index contributed by atoms with van der Waals surface area (Å²) in [5.41, 5.74) is 15.2. The van der Waals surface area contributed by atoms with Crippen molar-refractivity contribution in [1.82, 2.24) is 0 Å². The standard InChI is InChI=1S/C56H34/c1-3-13-37-30-43(25-23-35(37)11-1)54-49-20-7-8-21-50(49)56(44-26-24-36-12-2-4-14-38(36)31-44)53-33-41(27-28-51(53)54)39-15-9-16-40(29-39)45-32-42-17-10-22-48-46-18-5-6-19-47(46)52(34-45)55(42)48/h1-34H. The van der Waals surface area contributed by atoms with Crippen LogP contribution in [0.1, 0.15) is 0 Å². The highest BCUT2D eigenvalue weighted by Crippen LogP contribution is 2.49. The van der Waals surface area contributed by atoms with E-state index in [9.17, 15) is 0 Å². The van der Waals surface area contributed by atoms with Gasteiger partial charge in [0.25, 0.3) is 0 Å². The number of hydrogen-bond donors (Lipinski definition) is 0. The van der Waals surface area contributed by atoms with Gasteiger partial charge in [0.1, 0.15) is 0 Å². The van der Waals surface area contributed by atoms with Crippen LogP contribution in [-0.2, 0) is 0 Å². The fraction of sp³-hybridized carbons (Fsp3) is 0. The highest BCUT2D eigenvalue weighted by Gasteiger charge is 2.22. The largest absolute Gasteiger partial charge is 0.0616 e. The minimum Gasteiger partial charge on any atom is -0.0616 e. The number of fused-ring (bicyclic) bond motifs is 7. The molecule has 0 saturated carbocycles. The Hall–Kier alpha value is -7.28. The van der Waals surface area contributed by atoms with Crippen molar-refractivity contribution in [3.63, 3.8) is 0 Å². The Morgan fingerprint density at radius 1 is 0.196 bits per heavy atom. The monoisotopic (exact) mass is 706 g/mol. The van der Waals surface area contributed by atoms with E-state index in [1.54, 1.807) is 0 Å². The highest BCUT2D eigenvalue weighted by atomic mass is 14.3. The number of hydrogen-bond acceptors (Lipinski definition) is 0. The Morgan fingerprint density at radius 3 is 1.36 bits per heavy atom. The van der Waals surface area contributed by atoms with Gasteiger partial charge in [-0.15, -0.1) is 0 Å².